The lowest BCUT2D eigenvalue weighted by Crippen LogP contribution is -2.09. The van der Waals surface area contributed by atoms with Gasteiger partial charge in [-0.25, -0.2) is 9.59 Å². The van der Waals surface area contributed by atoms with Crippen molar-refractivity contribution in [1.82, 2.24) is 15.4 Å². The number of nitrogens with one attached hydrogen (secondary N) is 1. The largest absolute Gasteiger partial charge is 0.482 e. The Hall–Kier alpha value is -2.90. The number of benzene rings is 1. The van der Waals surface area contributed by atoms with Crippen molar-refractivity contribution in [3.63, 3.8) is 0 Å². The van der Waals surface area contributed by atoms with Gasteiger partial charge in [-0.1, -0.05) is 12.1 Å². The van der Waals surface area contributed by atoms with Crippen LogP contribution in [0.15, 0.2) is 24.3 Å². The second-order valence-corrected chi connectivity index (χ2v) is 3.95. The molecular weight excluding hydrogens is 278 g/mol. The highest BCUT2D eigenvalue weighted by Gasteiger charge is 2.19. The van der Waals surface area contributed by atoms with Gasteiger partial charge >= 0.3 is 11.9 Å². The third kappa shape index (κ3) is 3.56. The molecule has 0 radical (unpaired) electrons. The van der Waals surface area contributed by atoms with Gasteiger partial charge in [0.25, 0.3) is 0 Å². The van der Waals surface area contributed by atoms with E-state index in [1.165, 1.54) is 0 Å². The molecule has 110 valence electrons. The minimum atomic E-state index is -1.07. The average molecular weight is 291 g/mol. The molecule has 0 saturated carbocycles. The van der Waals surface area contributed by atoms with Crippen LogP contribution in [0.25, 0.3) is 11.3 Å². The summed E-state index contributed by atoms with van der Waals surface area (Å²) in [6.45, 7) is 1.47. The lowest BCUT2D eigenvalue weighted by molar-refractivity contribution is -0.139. The molecule has 0 fully saturated rings. The Morgan fingerprint density at radius 1 is 1.33 bits per heavy atom. The van der Waals surface area contributed by atoms with Gasteiger partial charge in [-0.05, 0) is 19.1 Å². The van der Waals surface area contributed by atoms with Crippen molar-refractivity contribution >= 4 is 11.9 Å². The molecule has 0 aliphatic carbocycles. The van der Waals surface area contributed by atoms with Crippen LogP contribution in [0, 0.1) is 0 Å². The lowest BCUT2D eigenvalue weighted by Gasteiger charge is -2.05. The van der Waals surface area contributed by atoms with Crippen LogP contribution in [0.4, 0.5) is 0 Å². The maximum absolute atomic E-state index is 11.7. The van der Waals surface area contributed by atoms with E-state index in [2.05, 4.69) is 15.4 Å². The second kappa shape index (κ2) is 6.51. The molecule has 1 heterocycles. The lowest BCUT2D eigenvalue weighted by atomic mass is 10.1. The fourth-order valence-corrected chi connectivity index (χ4v) is 1.65. The number of aliphatic carboxylic acids is 1. The van der Waals surface area contributed by atoms with E-state index >= 15 is 0 Å². The number of H-pyrrole nitrogens is 1. The SMILES string of the molecule is CCOC(=O)c1n[nH]nc1-c1cccc(OCC(=O)O)c1. The van der Waals surface area contributed by atoms with Gasteiger partial charge in [-0.15, -0.1) is 5.10 Å². The minimum Gasteiger partial charge on any atom is -0.482 e. The van der Waals surface area contributed by atoms with Gasteiger partial charge in [0.2, 0.25) is 0 Å². The van der Waals surface area contributed by atoms with Crippen molar-refractivity contribution in [2.24, 2.45) is 0 Å². The number of carboxylic acids is 1. The van der Waals surface area contributed by atoms with Gasteiger partial charge in [0.05, 0.1) is 6.61 Å². The highest BCUT2D eigenvalue weighted by Crippen LogP contribution is 2.24. The fourth-order valence-electron chi connectivity index (χ4n) is 1.65. The molecular formula is C13H13N3O5. The highest BCUT2D eigenvalue weighted by molar-refractivity contribution is 5.93. The summed E-state index contributed by atoms with van der Waals surface area (Å²) in [5, 5.41) is 18.6. The summed E-state index contributed by atoms with van der Waals surface area (Å²) in [5.74, 6) is -1.31. The van der Waals surface area contributed by atoms with E-state index in [0.29, 0.717) is 17.0 Å². The smallest absolute Gasteiger partial charge is 0.361 e. The number of carboxylic acid groups (broad SMARTS) is 1. The van der Waals surface area contributed by atoms with Crippen molar-refractivity contribution < 1.29 is 24.2 Å². The number of rotatable bonds is 6. The molecule has 0 amide bonds. The molecule has 1 aromatic carbocycles. The molecule has 21 heavy (non-hydrogen) atoms. The van der Waals surface area contributed by atoms with E-state index in [9.17, 15) is 9.59 Å². The quantitative estimate of drug-likeness (QED) is 0.766. The van der Waals surface area contributed by atoms with Gasteiger partial charge in [0.1, 0.15) is 11.4 Å². The number of carbonyl (C=O) groups excluding carboxylic acids is 1. The molecule has 2 rings (SSSR count). The van der Waals surface area contributed by atoms with Crippen LogP contribution in [0.3, 0.4) is 0 Å². The van der Waals surface area contributed by atoms with Crippen LogP contribution < -0.4 is 4.74 Å². The topological polar surface area (TPSA) is 114 Å². The number of aromatic nitrogens is 3. The Morgan fingerprint density at radius 2 is 2.14 bits per heavy atom. The first-order chi connectivity index (χ1) is 10.1. The predicted octanol–water partition coefficient (Wildman–Crippen LogP) is 1.11. The average Bonchev–Trinajstić information content (AvgIpc) is 2.95. The number of carbonyl (C=O) groups is 2. The van der Waals surface area contributed by atoms with Crippen molar-refractivity contribution in [3.05, 3.63) is 30.0 Å². The molecule has 1 aromatic heterocycles. The summed E-state index contributed by atoms with van der Waals surface area (Å²) < 4.78 is 9.97. The van der Waals surface area contributed by atoms with Gasteiger partial charge in [-0.2, -0.15) is 10.3 Å². The molecule has 0 saturated heterocycles. The molecule has 0 atom stereocenters. The van der Waals surface area contributed by atoms with Crippen LogP contribution in [0.5, 0.6) is 5.75 Å². The summed E-state index contributed by atoms with van der Waals surface area (Å²) >= 11 is 0. The molecule has 0 unspecified atom stereocenters. The van der Waals surface area contributed by atoms with Crippen molar-refractivity contribution in [2.75, 3.05) is 13.2 Å². The summed E-state index contributed by atoms with van der Waals surface area (Å²) in [7, 11) is 0. The number of esters is 1. The molecule has 0 bridgehead atoms. The maximum atomic E-state index is 11.7. The zero-order valence-electron chi connectivity index (χ0n) is 11.2. The molecule has 2 aromatic rings. The van der Waals surface area contributed by atoms with Gasteiger partial charge in [0.15, 0.2) is 12.3 Å². The summed E-state index contributed by atoms with van der Waals surface area (Å²) in [5.41, 5.74) is 0.941. The normalized spacial score (nSPS) is 10.1. The first-order valence-corrected chi connectivity index (χ1v) is 6.14. The Bertz CT molecular complexity index is 653. The van der Waals surface area contributed by atoms with E-state index in [1.807, 2.05) is 0 Å². The molecule has 0 aliphatic rings. The Balaban J connectivity index is 2.26. The molecule has 8 heteroatoms. The van der Waals surface area contributed by atoms with Gasteiger partial charge in [0, 0.05) is 5.56 Å². The molecule has 0 aliphatic heterocycles. The highest BCUT2D eigenvalue weighted by atomic mass is 16.5. The minimum absolute atomic E-state index is 0.0623. The van der Waals surface area contributed by atoms with E-state index in [1.54, 1.807) is 31.2 Å². The van der Waals surface area contributed by atoms with E-state index < -0.39 is 18.5 Å². The standard InChI is InChI=1S/C13H13N3O5/c1-2-20-13(19)12-11(14-16-15-12)8-4-3-5-9(6-8)21-7-10(17)18/h3-6H,2,7H2,1H3,(H,17,18)(H,14,15,16). The Labute approximate surface area is 119 Å². The second-order valence-electron chi connectivity index (χ2n) is 3.95. The first kappa shape index (κ1) is 14.5. The number of ether oxygens (including phenoxy) is 2. The van der Waals surface area contributed by atoms with Gasteiger partial charge in [-0.3, -0.25) is 0 Å². The fraction of sp³-hybridized carbons (Fsp3) is 0.231. The zero-order valence-corrected chi connectivity index (χ0v) is 11.2. The van der Waals surface area contributed by atoms with Crippen LogP contribution >= 0.6 is 0 Å². The van der Waals surface area contributed by atoms with E-state index in [4.69, 9.17) is 14.6 Å². The third-order valence-electron chi connectivity index (χ3n) is 2.49. The number of hydrogen-bond donors (Lipinski definition) is 2. The summed E-state index contributed by atoms with van der Waals surface area (Å²) in [6.07, 6.45) is 0. The number of nitrogens with zero attached hydrogens (tertiary/aromatic N) is 2. The first-order valence-electron chi connectivity index (χ1n) is 6.14. The van der Waals surface area contributed by atoms with Gasteiger partial charge < -0.3 is 14.6 Å². The Morgan fingerprint density at radius 3 is 2.86 bits per heavy atom. The van der Waals surface area contributed by atoms with Crippen LogP contribution in [-0.4, -0.2) is 45.7 Å². The van der Waals surface area contributed by atoms with Crippen molar-refractivity contribution in [1.29, 1.82) is 0 Å². The number of aromatic amines is 1. The van der Waals surface area contributed by atoms with Crippen LogP contribution in [0.1, 0.15) is 17.4 Å². The summed E-state index contributed by atoms with van der Waals surface area (Å²) in [6, 6.07) is 6.55. The zero-order chi connectivity index (χ0) is 15.2. The third-order valence-corrected chi connectivity index (χ3v) is 2.49. The molecule has 2 N–H and O–H groups in total. The monoisotopic (exact) mass is 291 g/mol. The van der Waals surface area contributed by atoms with Crippen LogP contribution in [-0.2, 0) is 9.53 Å². The van der Waals surface area contributed by atoms with Crippen molar-refractivity contribution in [3.8, 4) is 17.0 Å². The number of hydrogen-bond acceptors (Lipinski definition) is 6. The van der Waals surface area contributed by atoms with E-state index in [0.717, 1.165) is 0 Å². The summed E-state index contributed by atoms with van der Waals surface area (Å²) in [4.78, 5) is 22.2. The van der Waals surface area contributed by atoms with E-state index in [-0.39, 0.29) is 12.3 Å². The predicted molar refractivity (Wildman–Crippen MR) is 70.9 cm³/mol. The Kier molecular flexibility index (Phi) is 4.50. The molecule has 8 nitrogen and oxygen atoms in total. The van der Waals surface area contributed by atoms with Crippen molar-refractivity contribution in [2.45, 2.75) is 6.92 Å². The molecule has 0 spiro atoms. The maximum Gasteiger partial charge on any atom is 0.361 e. The van der Waals surface area contributed by atoms with Crippen LogP contribution in [0.2, 0.25) is 0 Å².